The molecule has 158 valence electrons. The molecule has 9 atom stereocenters. The second-order valence-corrected chi connectivity index (χ2v) is 9.32. The molecule has 0 amide bonds. The lowest BCUT2D eigenvalue weighted by Gasteiger charge is -2.58. The predicted octanol–water partition coefficient (Wildman–Crippen LogP) is -0.320. The van der Waals surface area contributed by atoms with Gasteiger partial charge in [0.15, 0.2) is 6.29 Å². The Labute approximate surface area is 160 Å². The zero-order valence-corrected chi connectivity index (χ0v) is 16.5. The Morgan fingerprint density at radius 1 is 1.04 bits per heavy atom. The minimum Gasteiger partial charge on any atom is -0.394 e. The van der Waals surface area contributed by atoms with Gasteiger partial charge >= 0.3 is 0 Å². The number of hydrogen-bond donors (Lipinski definition) is 5. The summed E-state index contributed by atoms with van der Waals surface area (Å²) in [6, 6.07) is 0. The molecule has 5 N–H and O–H groups in total. The van der Waals surface area contributed by atoms with E-state index < -0.39 is 60.0 Å². The van der Waals surface area contributed by atoms with Crippen LogP contribution in [0.15, 0.2) is 0 Å². The van der Waals surface area contributed by atoms with Crippen LogP contribution in [0.5, 0.6) is 0 Å². The van der Waals surface area contributed by atoms with E-state index in [1.165, 1.54) is 0 Å². The average Bonchev–Trinajstić information content (AvgIpc) is 2.98. The van der Waals surface area contributed by atoms with E-state index in [-0.39, 0.29) is 12.5 Å². The van der Waals surface area contributed by atoms with Gasteiger partial charge in [-0.3, -0.25) is 0 Å². The molecule has 0 unspecified atom stereocenters. The number of aliphatic hydroxyl groups excluding tert-OH is 4. The summed E-state index contributed by atoms with van der Waals surface area (Å²) in [6.07, 6.45) is -4.42. The van der Waals surface area contributed by atoms with Crippen LogP contribution in [-0.2, 0) is 14.2 Å². The molecule has 2 aliphatic heterocycles. The Bertz CT molecular complexity index is 516. The van der Waals surface area contributed by atoms with Crippen molar-refractivity contribution in [3.63, 3.8) is 0 Å². The van der Waals surface area contributed by atoms with Crippen molar-refractivity contribution >= 4 is 0 Å². The van der Waals surface area contributed by atoms with Crippen LogP contribution in [0, 0.1) is 5.41 Å². The van der Waals surface area contributed by atoms with Crippen LogP contribution in [-0.4, -0.2) is 86.3 Å². The number of rotatable bonds is 3. The van der Waals surface area contributed by atoms with Crippen molar-refractivity contribution < 1.29 is 39.7 Å². The van der Waals surface area contributed by atoms with Gasteiger partial charge in [0.2, 0.25) is 0 Å². The summed E-state index contributed by atoms with van der Waals surface area (Å²) in [7, 11) is 0. The highest BCUT2D eigenvalue weighted by atomic mass is 16.7. The largest absolute Gasteiger partial charge is 0.394 e. The first-order chi connectivity index (χ1) is 12.4. The van der Waals surface area contributed by atoms with Crippen molar-refractivity contribution in [3.05, 3.63) is 0 Å². The van der Waals surface area contributed by atoms with Gasteiger partial charge in [0.05, 0.1) is 24.4 Å². The first kappa shape index (κ1) is 21.4. The molecule has 2 heterocycles. The van der Waals surface area contributed by atoms with E-state index in [1.54, 1.807) is 6.92 Å². The van der Waals surface area contributed by atoms with Gasteiger partial charge in [-0.1, -0.05) is 13.8 Å². The fourth-order valence-electron chi connectivity index (χ4n) is 5.37. The minimum atomic E-state index is -1.48. The van der Waals surface area contributed by atoms with E-state index in [0.29, 0.717) is 6.42 Å². The fourth-order valence-corrected chi connectivity index (χ4v) is 5.37. The standard InChI is InChI=1S/C19H34O8/c1-10-5-6-19(27-10)17(2,3)7-11(8-18(19,4)24)25-16-15(23)14(22)13(21)12(9-20)26-16/h10-16,20-24H,5-9H2,1-4H3/t10-,11+,12-,13-,14+,15-,16-,18-,19-/m1/s1. The molecule has 0 aromatic heterocycles. The third-order valence-corrected chi connectivity index (χ3v) is 6.81. The Balaban J connectivity index is 1.76. The highest BCUT2D eigenvalue weighted by Gasteiger charge is 2.64. The molecule has 2 saturated heterocycles. The molecule has 27 heavy (non-hydrogen) atoms. The number of hydrogen-bond acceptors (Lipinski definition) is 8. The molecule has 0 bridgehead atoms. The zero-order valence-electron chi connectivity index (χ0n) is 16.5. The summed E-state index contributed by atoms with van der Waals surface area (Å²) in [4.78, 5) is 0. The van der Waals surface area contributed by atoms with Crippen molar-refractivity contribution in [2.75, 3.05) is 6.61 Å². The van der Waals surface area contributed by atoms with Crippen molar-refractivity contribution in [2.24, 2.45) is 5.41 Å². The smallest absolute Gasteiger partial charge is 0.186 e. The number of aliphatic hydroxyl groups is 5. The molecule has 0 aromatic rings. The SMILES string of the molecule is C[C@@H]1CC[C@@]2(O1)C(C)(C)C[C@H](O[C@@H]1O[C@H](CO)[C@@H](O)[C@H](O)[C@H]1O)C[C@@]2(C)O. The maximum Gasteiger partial charge on any atom is 0.186 e. The van der Waals surface area contributed by atoms with E-state index in [0.717, 1.165) is 12.8 Å². The molecule has 1 aliphatic carbocycles. The monoisotopic (exact) mass is 390 g/mol. The zero-order chi connectivity index (χ0) is 20.2. The molecular formula is C19H34O8. The quantitative estimate of drug-likeness (QED) is 0.443. The molecule has 3 rings (SSSR count). The van der Waals surface area contributed by atoms with Gasteiger partial charge in [-0.2, -0.15) is 0 Å². The average molecular weight is 390 g/mol. The van der Waals surface area contributed by atoms with Crippen molar-refractivity contribution in [1.29, 1.82) is 0 Å². The first-order valence-electron chi connectivity index (χ1n) is 9.80. The van der Waals surface area contributed by atoms with Crippen molar-refractivity contribution in [3.8, 4) is 0 Å². The van der Waals surface area contributed by atoms with E-state index in [1.807, 2.05) is 20.8 Å². The summed E-state index contributed by atoms with van der Waals surface area (Å²) in [5.41, 5.74) is -2.20. The van der Waals surface area contributed by atoms with Crippen LogP contribution in [0.3, 0.4) is 0 Å². The normalized spacial score (nSPS) is 53.0. The van der Waals surface area contributed by atoms with Crippen LogP contribution in [0.1, 0.15) is 53.4 Å². The maximum atomic E-state index is 11.3. The van der Waals surface area contributed by atoms with Gasteiger partial charge < -0.3 is 39.7 Å². The van der Waals surface area contributed by atoms with Crippen LogP contribution in [0.2, 0.25) is 0 Å². The summed E-state index contributed by atoms with van der Waals surface area (Å²) < 4.78 is 17.6. The third-order valence-electron chi connectivity index (χ3n) is 6.81. The van der Waals surface area contributed by atoms with Gasteiger partial charge in [0.25, 0.3) is 0 Å². The van der Waals surface area contributed by atoms with E-state index in [2.05, 4.69) is 0 Å². The second-order valence-electron chi connectivity index (χ2n) is 9.32. The molecule has 3 aliphatic rings. The highest BCUT2D eigenvalue weighted by molar-refractivity contribution is 5.14. The van der Waals surface area contributed by atoms with Crippen LogP contribution >= 0.6 is 0 Å². The summed E-state index contributed by atoms with van der Waals surface area (Å²) in [6.45, 7) is 7.35. The van der Waals surface area contributed by atoms with Crippen molar-refractivity contribution in [1.82, 2.24) is 0 Å². The molecule has 8 nitrogen and oxygen atoms in total. The summed E-state index contributed by atoms with van der Waals surface area (Å²) >= 11 is 0. The summed E-state index contributed by atoms with van der Waals surface area (Å²) in [5, 5.41) is 50.7. The van der Waals surface area contributed by atoms with E-state index >= 15 is 0 Å². The molecular weight excluding hydrogens is 356 g/mol. The van der Waals surface area contributed by atoms with Gasteiger partial charge in [0, 0.05) is 6.42 Å². The Hall–Kier alpha value is -0.320. The van der Waals surface area contributed by atoms with Gasteiger partial charge in [-0.05, 0) is 38.5 Å². The van der Waals surface area contributed by atoms with Crippen LogP contribution < -0.4 is 0 Å². The Morgan fingerprint density at radius 2 is 1.70 bits per heavy atom. The van der Waals surface area contributed by atoms with Crippen LogP contribution in [0.25, 0.3) is 0 Å². The highest BCUT2D eigenvalue weighted by Crippen LogP contribution is 2.57. The Morgan fingerprint density at radius 3 is 2.22 bits per heavy atom. The van der Waals surface area contributed by atoms with Gasteiger partial charge in [0.1, 0.15) is 30.0 Å². The fraction of sp³-hybridized carbons (Fsp3) is 1.00. The molecule has 0 aromatic carbocycles. The van der Waals surface area contributed by atoms with Gasteiger partial charge in [-0.15, -0.1) is 0 Å². The van der Waals surface area contributed by atoms with E-state index in [9.17, 15) is 25.5 Å². The molecule has 8 heteroatoms. The van der Waals surface area contributed by atoms with Crippen LogP contribution in [0.4, 0.5) is 0 Å². The Kier molecular flexibility index (Phi) is 5.69. The lowest BCUT2D eigenvalue weighted by Crippen LogP contribution is -2.67. The molecule has 1 spiro atoms. The maximum absolute atomic E-state index is 11.3. The molecule has 3 fully saturated rings. The molecule has 1 saturated carbocycles. The van der Waals surface area contributed by atoms with Gasteiger partial charge in [-0.25, -0.2) is 0 Å². The minimum absolute atomic E-state index is 0.0821. The lowest BCUT2D eigenvalue weighted by molar-refractivity contribution is -0.330. The van der Waals surface area contributed by atoms with E-state index in [4.69, 9.17) is 14.2 Å². The predicted molar refractivity (Wildman–Crippen MR) is 94.8 cm³/mol. The topological polar surface area (TPSA) is 129 Å². The number of ether oxygens (including phenoxy) is 3. The third kappa shape index (κ3) is 3.44. The summed E-state index contributed by atoms with van der Waals surface area (Å²) in [5.74, 6) is 0. The lowest BCUT2D eigenvalue weighted by atomic mass is 9.56. The second kappa shape index (κ2) is 7.18. The van der Waals surface area contributed by atoms with Crippen molar-refractivity contribution in [2.45, 2.75) is 107 Å². The first-order valence-corrected chi connectivity index (χ1v) is 9.80. The molecule has 0 radical (unpaired) electrons.